The Morgan fingerprint density at radius 3 is 2.21 bits per heavy atom. The molecule has 2 atom stereocenters. The van der Waals surface area contributed by atoms with Crippen molar-refractivity contribution in [2.45, 2.75) is 25.9 Å². The molecule has 0 saturated heterocycles. The van der Waals surface area contributed by atoms with E-state index >= 15 is 0 Å². The third kappa shape index (κ3) is 5.35. The monoisotopic (exact) mass is 286 g/mol. The minimum Gasteiger partial charge on any atom is -0.307 e. The summed E-state index contributed by atoms with van der Waals surface area (Å²) in [6.07, 6.45) is 1.20. The lowest BCUT2D eigenvalue weighted by Crippen LogP contribution is -2.34. The van der Waals surface area contributed by atoms with E-state index in [1.807, 2.05) is 6.92 Å². The Balaban J connectivity index is 2.67. The highest BCUT2D eigenvalue weighted by molar-refractivity contribution is 7.90. The van der Waals surface area contributed by atoms with Crippen LogP contribution in [0.15, 0.2) is 24.3 Å². The molecule has 0 aliphatic rings. The molecule has 0 aromatic heterocycles. The number of non-ortho nitro benzene ring substituents is 1. The fourth-order valence-corrected chi connectivity index (χ4v) is 2.91. The molecule has 6 nitrogen and oxygen atoms in total. The number of rotatable bonds is 6. The summed E-state index contributed by atoms with van der Waals surface area (Å²) in [4.78, 5) is 10.1. The maximum absolute atomic E-state index is 11.2. The summed E-state index contributed by atoms with van der Waals surface area (Å²) in [5.74, 6) is 0.0598. The standard InChI is InChI=1S/C12H18N2O4S/c1-9(8-19(3,17)18)13-10(2)11-4-6-12(7-5-11)14(15)16/h4-7,9-10,13H,8H2,1-3H3. The number of sulfone groups is 1. The van der Waals surface area contributed by atoms with E-state index in [0.29, 0.717) is 0 Å². The van der Waals surface area contributed by atoms with Crippen LogP contribution in [-0.4, -0.2) is 31.4 Å². The van der Waals surface area contributed by atoms with Crippen LogP contribution in [-0.2, 0) is 9.84 Å². The highest BCUT2D eigenvalue weighted by atomic mass is 32.2. The van der Waals surface area contributed by atoms with Crippen LogP contribution < -0.4 is 5.32 Å². The minimum absolute atomic E-state index is 0.0418. The predicted molar refractivity (Wildman–Crippen MR) is 73.8 cm³/mol. The van der Waals surface area contributed by atoms with Crippen molar-refractivity contribution in [3.05, 3.63) is 39.9 Å². The first-order valence-electron chi connectivity index (χ1n) is 5.87. The lowest BCUT2D eigenvalue weighted by atomic mass is 10.1. The quantitative estimate of drug-likeness (QED) is 0.634. The van der Waals surface area contributed by atoms with E-state index in [2.05, 4.69) is 5.32 Å². The Labute approximate surface area is 112 Å². The summed E-state index contributed by atoms with van der Waals surface area (Å²) in [6, 6.07) is 5.97. The van der Waals surface area contributed by atoms with Crippen molar-refractivity contribution in [1.82, 2.24) is 5.32 Å². The second-order valence-corrected chi connectivity index (χ2v) is 6.92. The van der Waals surface area contributed by atoms with Gasteiger partial charge in [0.15, 0.2) is 0 Å². The second-order valence-electron chi connectivity index (χ2n) is 4.73. The van der Waals surface area contributed by atoms with Gasteiger partial charge in [0.2, 0.25) is 0 Å². The smallest absolute Gasteiger partial charge is 0.269 e. The molecule has 0 spiro atoms. The molecule has 0 heterocycles. The van der Waals surface area contributed by atoms with Gasteiger partial charge in [0, 0.05) is 30.5 Å². The average Bonchev–Trinajstić information content (AvgIpc) is 2.26. The molecule has 1 aromatic carbocycles. The van der Waals surface area contributed by atoms with Gasteiger partial charge in [0.25, 0.3) is 5.69 Å². The van der Waals surface area contributed by atoms with Gasteiger partial charge in [-0.05, 0) is 19.4 Å². The molecule has 0 amide bonds. The van der Waals surface area contributed by atoms with Crippen LogP contribution in [0.4, 0.5) is 5.69 Å². The average molecular weight is 286 g/mol. The zero-order valence-corrected chi connectivity index (χ0v) is 12.0. The SMILES string of the molecule is CC(CS(C)(=O)=O)NC(C)c1ccc([N+](=O)[O-])cc1. The van der Waals surface area contributed by atoms with Gasteiger partial charge in [0.05, 0.1) is 10.7 Å². The van der Waals surface area contributed by atoms with E-state index in [-0.39, 0.29) is 23.5 Å². The van der Waals surface area contributed by atoms with Crippen molar-refractivity contribution >= 4 is 15.5 Å². The van der Waals surface area contributed by atoms with Gasteiger partial charge < -0.3 is 5.32 Å². The van der Waals surface area contributed by atoms with Gasteiger partial charge in [0.1, 0.15) is 9.84 Å². The van der Waals surface area contributed by atoms with Gasteiger partial charge in [-0.1, -0.05) is 12.1 Å². The Kier molecular flexibility index (Phi) is 5.02. The third-order valence-electron chi connectivity index (χ3n) is 2.69. The summed E-state index contributed by atoms with van der Waals surface area (Å²) >= 11 is 0. The number of hydrogen-bond donors (Lipinski definition) is 1. The highest BCUT2D eigenvalue weighted by Crippen LogP contribution is 2.17. The number of nitrogens with zero attached hydrogens (tertiary/aromatic N) is 1. The summed E-state index contributed by atoms with van der Waals surface area (Å²) in [6.45, 7) is 3.68. The summed E-state index contributed by atoms with van der Waals surface area (Å²) in [5.41, 5.74) is 0.922. The maximum atomic E-state index is 11.2. The van der Waals surface area contributed by atoms with Crippen LogP contribution >= 0.6 is 0 Å². The summed E-state index contributed by atoms with van der Waals surface area (Å²) < 4.78 is 22.3. The topological polar surface area (TPSA) is 89.3 Å². The molecule has 2 unspecified atom stereocenters. The Morgan fingerprint density at radius 2 is 1.79 bits per heavy atom. The fraction of sp³-hybridized carbons (Fsp3) is 0.500. The van der Waals surface area contributed by atoms with Crippen molar-refractivity contribution in [1.29, 1.82) is 0 Å². The second kappa shape index (κ2) is 6.12. The van der Waals surface area contributed by atoms with Crippen LogP contribution in [0.25, 0.3) is 0 Å². The van der Waals surface area contributed by atoms with Crippen molar-refractivity contribution in [3.8, 4) is 0 Å². The molecule has 19 heavy (non-hydrogen) atoms. The molecule has 1 rings (SSSR count). The molecule has 1 aromatic rings. The van der Waals surface area contributed by atoms with Gasteiger partial charge >= 0.3 is 0 Å². The molecule has 0 bridgehead atoms. The van der Waals surface area contributed by atoms with Crippen molar-refractivity contribution in [2.24, 2.45) is 0 Å². The molecule has 0 radical (unpaired) electrons. The number of nitrogens with one attached hydrogen (secondary N) is 1. The number of hydrogen-bond acceptors (Lipinski definition) is 5. The molecule has 0 fully saturated rings. The Bertz CT molecular complexity index is 539. The lowest BCUT2D eigenvalue weighted by Gasteiger charge is -2.19. The zero-order chi connectivity index (χ0) is 14.6. The first kappa shape index (κ1) is 15.6. The first-order chi connectivity index (χ1) is 8.69. The zero-order valence-electron chi connectivity index (χ0n) is 11.2. The Morgan fingerprint density at radius 1 is 1.26 bits per heavy atom. The van der Waals surface area contributed by atoms with E-state index in [1.54, 1.807) is 19.1 Å². The number of benzene rings is 1. The normalized spacial score (nSPS) is 14.9. The van der Waals surface area contributed by atoms with E-state index in [9.17, 15) is 18.5 Å². The molecule has 0 saturated carbocycles. The van der Waals surface area contributed by atoms with Gasteiger partial charge in [-0.25, -0.2) is 8.42 Å². The fourth-order valence-electron chi connectivity index (χ4n) is 1.91. The third-order valence-corrected chi connectivity index (χ3v) is 3.80. The molecular weight excluding hydrogens is 268 g/mol. The van der Waals surface area contributed by atoms with Crippen molar-refractivity contribution in [3.63, 3.8) is 0 Å². The van der Waals surface area contributed by atoms with Gasteiger partial charge in [-0.15, -0.1) is 0 Å². The van der Waals surface area contributed by atoms with Gasteiger partial charge in [-0.2, -0.15) is 0 Å². The van der Waals surface area contributed by atoms with Crippen LogP contribution in [0, 0.1) is 10.1 Å². The van der Waals surface area contributed by atoms with Crippen molar-refractivity contribution < 1.29 is 13.3 Å². The van der Waals surface area contributed by atoms with Crippen LogP contribution in [0.2, 0.25) is 0 Å². The number of nitro benzene ring substituents is 1. The number of nitro groups is 1. The van der Waals surface area contributed by atoms with Crippen LogP contribution in [0.5, 0.6) is 0 Å². The summed E-state index contributed by atoms with van der Waals surface area (Å²) in [7, 11) is -3.02. The predicted octanol–water partition coefficient (Wildman–Crippen LogP) is 1.68. The molecule has 1 N–H and O–H groups in total. The van der Waals surface area contributed by atoms with E-state index in [4.69, 9.17) is 0 Å². The molecular formula is C12H18N2O4S. The van der Waals surface area contributed by atoms with E-state index in [1.165, 1.54) is 18.4 Å². The molecule has 0 aliphatic carbocycles. The Hall–Kier alpha value is -1.47. The largest absolute Gasteiger partial charge is 0.307 e. The minimum atomic E-state index is -3.02. The van der Waals surface area contributed by atoms with Crippen molar-refractivity contribution in [2.75, 3.05) is 12.0 Å². The lowest BCUT2D eigenvalue weighted by molar-refractivity contribution is -0.384. The molecule has 0 aliphatic heterocycles. The van der Waals surface area contributed by atoms with E-state index < -0.39 is 14.8 Å². The summed E-state index contributed by atoms with van der Waals surface area (Å²) in [5, 5.41) is 13.7. The van der Waals surface area contributed by atoms with E-state index in [0.717, 1.165) is 5.56 Å². The molecule has 7 heteroatoms. The van der Waals surface area contributed by atoms with Gasteiger partial charge in [-0.3, -0.25) is 10.1 Å². The highest BCUT2D eigenvalue weighted by Gasteiger charge is 2.14. The molecule has 106 valence electrons. The van der Waals surface area contributed by atoms with Crippen LogP contribution in [0.1, 0.15) is 25.5 Å². The first-order valence-corrected chi connectivity index (χ1v) is 7.93. The maximum Gasteiger partial charge on any atom is 0.269 e. The van der Waals surface area contributed by atoms with Crippen LogP contribution in [0.3, 0.4) is 0 Å².